The first-order valence-corrected chi connectivity index (χ1v) is 8.54. The van der Waals surface area contributed by atoms with E-state index in [0.717, 1.165) is 52.0 Å². The largest absolute Gasteiger partial charge is 0.376 e. The molecule has 3 rings (SSSR count). The van der Waals surface area contributed by atoms with Crippen LogP contribution in [0.15, 0.2) is 18.5 Å². The average Bonchev–Trinajstić information content (AvgIpc) is 2.96. The van der Waals surface area contributed by atoms with E-state index in [1.807, 2.05) is 17.3 Å². The number of carbonyl (C=O) groups excluding carboxylic acids is 1. The Bertz CT molecular complexity index is 531. The predicted molar refractivity (Wildman–Crippen MR) is 89.7 cm³/mol. The zero-order chi connectivity index (χ0) is 16.1. The molecule has 1 atom stereocenters. The van der Waals surface area contributed by atoms with Crippen LogP contribution in [-0.4, -0.2) is 61.3 Å². The number of rotatable bonds is 3. The van der Waals surface area contributed by atoms with Crippen LogP contribution < -0.4 is 10.2 Å². The summed E-state index contributed by atoms with van der Waals surface area (Å²) < 4.78 is 5.56. The molecule has 1 aromatic rings. The summed E-state index contributed by atoms with van der Waals surface area (Å²) in [6, 6.07) is 2.09. The number of aryl methyl sites for hydroxylation is 1. The second-order valence-corrected chi connectivity index (χ2v) is 6.31. The third-order valence-electron chi connectivity index (χ3n) is 4.62. The third kappa shape index (κ3) is 4.13. The molecule has 126 valence electrons. The first kappa shape index (κ1) is 16.1. The minimum Gasteiger partial charge on any atom is -0.376 e. The molecule has 0 radical (unpaired) electrons. The Morgan fingerprint density at radius 1 is 1.35 bits per heavy atom. The zero-order valence-corrected chi connectivity index (χ0v) is 13.8. The molecule has 2 amide bonds. The highest BCUT2D eigenvalue weighted by molar-refractivity contribution is 5.74. The second-order valence-electron chi connectivity index (χ2n) is 6.31. The molecule has 6 heteroatoms. The number of hydrogen-bond acceptors (Lipinski definition) is 4. The standard InChI is InChI=1S/C17H26N4O2/c1-14-12-18-6-5-16(14)20-7-3-8-21(10-9-20)17(22)19-13-15-4-2-11-23-15/h5-6,12,15H,2-4,7-11,13H2,1H3,(H,19,22)/t15-/m0/s1. The van der Waals surface area contributed by atoms with Gasteiger partial charge < -0.3 is 19.9 Å². The van der Waals surface area contributed by atoms with E-state index < -0.39 is 0 Å². The van der Waals surface area contributed by atoms with Crippen LogP contribution in [0.25, 0.3) is 0 Å². The number of amides is 2. The summed E-state index contributed by atoms with van der Waals surface area (Å²) in [5.41, 5.74) is 2.41. The van der Waals surface area contributed by atoms with Gasteiger partial charge in [-0.1, -0.05) is 0 Å². The molecule has 0 aromatic carbocycles. The van der Waals surface area contributed by atoms with Gasteiger partial charge in [0.2, 0.25) is 0 Å². The van der Waals surface area contributed by atoms with Crippen LogP contribution in [-0.2, 0) is 4.74 Å². The van der Waals surface area contributed by atoms with Gasteiger partial charge in [-0.15, -0.1) is 0 Å². The van der Waals surface area contributed by atoms with E-state index in [4.69, 9.17) is 4.74 Å². The molecule has 6 nitrogen and oxygen atoms in total. The molecular formula is C17H26N4O2. The molecule has 3 heterocycles. The normalized spacial score (nSPS) is 22.0. The molecule has 0 spiro atoms. The summed E-state index contributed by atoms with van der Waals surface area (Å²) in [6.07, 6.45) is 7.06. The molecule has 2 aliphatic rings. The van der Waals surface area contributed by atoms with Crippen molar-refractivity contribution in [2.24, 2.45) is 0 Å². The lowest BCUT2D eigenvalue weighted by atomic mass is 10.2. The molecule has 2 saturated heterocycles. The van der Waals surface area contributed by atoms with Crippen molar-refractivity contribution in [3.8, 4) is 0 Å². The maximum atomic E-state index is 12.3. The molecule has 2 aliphatic heterocycles. The van der Waals surface area contributed by atoms with Crippen molar-refractivity contribution >= 4 is 11.7 Å². The number of ether oxygens (including phenoxy) is 1. The van der Waals surface area contributed by atoms with Gasteiger partial charge in [-0.3, -0.25) is 4.98 Å². The Morgan fingerprint density at radius 3 is 3.04 bits per heavy atom. The molecule has 0 aliphatic carbocycles. The highest BCUT2D eigenvalue weighted by Crippen LogP contribution is 2.20. The lowest BCUT2D eigenvalue weighted by Gasteiger charge is -2.25. The van der Waals surface area contributed by atoms with E-state index in [9.17, 15) is 4.79 Å². The SMILES string of the molecule is Cc1cnccc1N1CCCN(C(=O)NC[C@@H]2CCCO2)CC1. The number of nitrogens with one attached hydrogen (secondary N) is 1. The maximum Gasteiger partial charge on any atom is 0.317 e. The molecule has 0 bridgehead atoms. The Balaban J connectivity index is 1.51. The molecule has 1 aromatic heterocycles. The molecule has 0 saturated carbocycles. The van der Waals surface area contributed by atoms with Gasteiger partial charge in [0.1, 0.15) is 0 Å². The van der Waals surface area contributed by atoms with E-state index in [-0.39, 0.29) is 12.1 Å². The minimum absolute atomic E-state index is 0.0359. The predicted octanol–water partition coefficient (Wildman–Crippen LogP) is 1.79. The Morgan fingerprint density at radius 2 is 2.26 bits per heavy atom. The zero-order valence-electron chi connectivity index (χ0n) is 13.8. The molecule has 1 N–H and O–H groups in total. The number of pyridine rings is 1. The summed E-state index contributed by atoms with van der Waals surface area (Å²) >= 11 is 0. The van der Waals surface area contributed by atoms with E-state index in [2.05, 4.69) is 28.2 Å². The van der Waals surface area contributed by atoms with Crippen molar-refractivity contribution in [1.82, 2.24) is 15.2 Å². The number of aromatic nitrogens is 1. The highest BCUT2D eigenvalue weighted by Gasteiger charge is 2.22. The van der Waals surface area contributed by atoms with E-state index in [1.54, 1.807) is 0 Å². The van der Waals surface area contributed by atoms with Crippen molar-refractivity contribution in [3.63, 3.8) is 0 Å². The Kier molecular flexibility index (Phi) is 5.33. The second kappa shape index (κ2) is 7.64. The lowest BCUT2D eigenvalue weighted by molar-refractivity contribution is 0.109. The molecular weight excluding hydrogens is 292 g/mol. The van der Waals surface area contributed by atoms with Crippen molar-refractivity contribution in [2.45, 2.75) is 32.3 Å². The summed E-state index contributed by atoms with van der Waals surface area (Å²) in [5, 5.41) is 3.02. The van der Waals surface area contributed by atoms with Gasteiger partial charge in [0, 0.05) is 57.4 Å². The van der Waals surface area contributed by atoms with Crippen LogP contribution in [0.2, 0.25) is 0 Å². The fourth-order valence-corrected chi connectivity index (χ4v) is 3.30. The van der Waals surface area contributed by atoms with Gasteiger partial charge in [-0.25, -0.2) is 4.79 Å². The van der Waals surface area contributed by atoms with Gasteiger partial charge in [0.05, 0.1) is 6.10 Å². The van der Waals surface area contributed by atoms with E-state index >= 15 is 0 Å². The number of nitrogens with zero attached hydrogens (tertiary/aromatic N) is 3. The number of carbonyl (C=O) groups is 1. The van der Waals surface area contributed by atoms with E-state index in [0.29, 0.717) is 6.54 Å². The van der Waals surface area contributed by atoms with E-state index in [1.165, 1.54) is 11.3 Å². The lowest BCUT2D eigenvalue weighted by Crippen LogP contribution is -2.44. The number of hydrogen-bond donors (Lipinski definition) is 1. The third-order valence-corrected chi connectivity index (χ3v) is 4.62. The summed E-state index contributed by atoms with van der Waals surface area (Å²) in [4.78, 5) is 20.8. The van der Waals surface area contributed by atoms with Gasteiger partial charge in [0.15, 0.2) is 0 Å². The fourth-order valence-electron chi connectivity index (χ4n) is 3.30. The Hall–Kier alpha value is -1.82. The number of urea groups is 1. The van der Waals surface area contributed by atoms with Crippen LogP contribution in [0.3, 0.4) is 0 Å². The molecule has 2 fully saturated rings. The van der Waals surface area contributed by atoms with Crippen LogP contribution in [0.5, 0.6) is 0 Å². The van der Waals surface area contributed by atoms with Crippen LogP contribution in [0.4, 0.5) is 10.5 Å². The van der Waals surface area contributed by atoms with Crippen molar-refractivity contribution in [2.75, 3.05) is 44.2 Å². The molecule has 0 unspecified atom stereocenters. The smallest absolute Gasteiger partial charge is 0.317 e. The first-order chi connectivity index (χ1) is 11.2. The van der Waals surface area contributed by atoms with Crippen molar-refractivity contribution in [1.29, 1.82) is 0 Å². The first-order valence-electron chi connectivity index (χ1n) is 8.54. The summed E-state index contributed by atoms with van der Waals surface area (Å²) in [7, 11) is 0. The van der Waals surface area contributed by atoms with Crippen molar-refractivity contribution in [3.05, 3.63) is 24.0 Å². The monoisotopic (exact) mass is 318 g/mol. The van der Waals surface area contributed by atoms with Gasteiger partial charge in [-0.2, -0.15) is 0 Å². The topological polar surface area (TPSA) is 57.7 Å². The minimum atomic E-state index is 0.0359. The van der Waals surface area contributed by atoms with Gasteiger partial charge in [-0.05, 0) is 37.8 Å². The van der Waals surface area contributed by atoms with Crippen LogP contribution in [0.1, 0.15) is 24.8 Å². The van der Waals surface area contributed by atoms with Crippen molar-refractivity contribution < 1.29 is 9.53 Å². The quantitative estimate of drug-likeness (QED) is 0.923. The summed E-state index contributed by atoms with van der Waals surface area (Å²) in [5.74, 6) is 0. The molecule has 23 heavy (non-hydrogen) atoms. The Labute approximate surface area is 137 Å². The van der Waals surface area contributed by atoms with Crippen LogP contribution in [0, 0.1) is 6.92 Å². The van der Waals surface area contributed by atoms with Crippen LogP contribution >= 0.6 is 0 Å². The summed E-state index contributed by atoms with van der Waals surface area (Å²) in [6.45, 7) is 6.92. The van der Waals surface area contributed by atoms with Gasteiger partial charge in [0.25, 0.3) is 0 Å². The highest BCUT2D eigenvalue weighted by atomic mass is 16.5. The number of anilines is 1. The average molecular weight is 318 g/mol. The fraction of sp³-hybridized carbons (Fsp3) is 0.647. The maximum absolute atomic E-state index is 12.3. The van der Waals surface area contributed by atoms with Gasteiger partial charge >= 0.3 is 6.03 Å².